The lowest BCUT2D eigenvalue weighted by atomic mass is 10.0. The monoisotopic (exact) mass is 220 g/mol. The Morgan fingerprint density at radius 2 is 2.06 bits per heavy atom. The molecule has 6 nitrogen and oxygen atoms in total. The number of aromatic amines is 1. The zero-order chi connectivity index (χ0) is 11.7. The van der Waals surface area contributed by atoms with Gasteiger partial charge in [0, 0.05) is 0 Å². The van der Waals surface area contributed by atoms with E-state index in [1.54, 1.807) is 0 Å². The number of nitrogens with two attached hydrogens (primary N) is 2. The van der Waals surface area contributed by atoms with Gasteiger partial charge in [-0.2, -0.15) is 15.1 Å². The quantitative estimate of drug-likeness (QED) is 0.725. The van der Waals surface area contributed by atoms with E-state index in [4.69, 9.17) is 11.5 Å². The molecule has 6 heteroatoms. The average Bonchev–Trinajstić information content (AvgIpc) is 2.61. The van der Waals surface area contributed by atoms with Crippen LogP contribution in [0.4, 0.5) is 11.8 Å². The Morgan fingerprint density at radius 3 is 2.75 bits per heavy atom. The van der Waals surface area contributed by atoms with Crippen LogP contribution in [-0.4, -0.2) is 20.2 Å². The molecule has 0 radical (unpaired) electrons. The third kappa shape index (κ3) is 1.66. The lowest BCUT2D eigenvalue weighted by molar-refractivity contribution is 0.648. The minimum Gasteiger partial charge on any atom is -0.383 e. The topological polar surface area (TPSA) is 106 Å². The van der Waals surface area contributed by atoms with Crippen LogP contribution in [0.3, 0.4) is 0 Å². The molecule has 16 heavy (non-hydrogen) atoms. The number of H-pyrrole nitrogens is 1. The first kappa shape index (κ1) is 10.7. The van der Waals surface area contributed by atoms with Gasteiger partial charge in [0.1, 0.15) is 5.82 Å². The van der Waals surface area contributed by atoms with Crippen LogP contribution in [-0.2, 0) is 0 Å². The van der Waals surface area contributed by atoms with Gasteiger partial charge in [-0.3, -0.25) is 5.10 Å². The minimum absolute atomic E-state index is 0.159. The van der Waals surface area contributed by atoms with Crippen LogP contribution < -0.4 is 11.5 Å². The van der Waals surface area contributed by atoms with Crippen molar-refractivity contribution in [2.75, 3.05) is 11.5 Å². The Labute approximate surface area is 93.5 Å². The second-order valence-corrected chi connectivity index (χ2v) is 3.99. The highest BCUT2D eigenvalue weighted by Crippen LogP contribution is 2.28. The van der Waals surface area contributed by atoms with Crippen molar-refractivity contribution in [2.24, 2.45) is 0 Å². The van der Waals surface area contributed by atoms with E-state index in [0.29, 0.717) is 17.4 Å². The number of rotatable bonds is 3. The normalized spacial score (nSPS) is 13.1. The predicted molar refractivity (Wildman–Crippen MR) is 63.8 cm³/mol. The molecule has 2 aromatic rings. The highest BCUT2D eigenvalue weighted by molar-refractivity contribution is 5.89. The van der Waals surface area contributed by atoms with Crippen LogP contribution in [0.25, 0.3) is 11.0 Å². The largest absolute Gasteiger partial charge is 0.383 e. The number of hydrogen-bond acceptors (Lipinski definition) is 5. The molecule has 0 saturated carbocycles. The number of hydrogen-bond donors (Lipinski definition) is 3. The van der Waals surface area contributed by atoms with Crippen LogP contribution in [0.5, 0.6) is 0 Å². The molecule has 0 aliphatic rings. The van der Waals surface area contributed by atoms with Crippen LogP contribution in [0.2, 0.25) is 0 Å². The Bertz CT molecular complexity index is 503. The van der Waals surface area contributed by atoms with Crippen molar-refractivity contribution in [3.8, 4) is 0 Å². The van der Waals surface area contributed by atoms with Crippen molar-refractivity contribution >= 4 is 22.8 Å². The van der Waals surface area contributed by atoms with Crippen molar-refractivity contribution < 1.29 is 0 Å². The van der Waals surface area contributed by atoms with Crippen molar-refractivity contribution in [3.05, 3.63) is 5.69 Å². The van der Waals surface area contributed by atoms with Gasteiger partial charge in [-0.05, 0) is 12.3 Å². The van der Waals surface area contributed by atoms with E-state index in [1.165, 1.54) is 0 Å². The van der Waals surface area contributed by atoms with Gasteiger partial charge in [-0.15, -0.1) is 0 Å². The molecule has 1 unspecified atom stereocenters. The van der Waals surface area contributed by atoms with Gasteiger partial charge >= 0.3 is 0 Å². The molecule has 86 valence electrons. The van der Waals surface area contributed by atoms with Crippen LogP contribution in [0.1, 0.15) is 38.3 Å². The molecule has 0 fully saturated rings. The zero-order valence-corrected chi connectivity index (χ0v) is 9.49. The smallest absolute Gasteiger partial charge is 0.224 e. The van der Waals surface area contributed by atoms with E-state index in [0.717, 1.165) is 23.9 Å². The summed E-state index contributed by atoms with van der Waals surface area (Å²) < 4.78 is 0. The summed E-state index contributed by atoms with van der Waals surface area (Å²) in [6, 6.07) is 0. The van der Waals surface area contributed by atoms with Crippen molar-refractivity contribution in [1.29, 1.82) is 0 Å². The maximum absolute atomic E-state index is 5.85. The summed E-state index contributed by atoms with van der Waals surface area (Å²) in [6.45, 7) is 4.28. The number of nitrogen functional groups attached to an aromatic ring is 2. The molecule has 2 aromatic heterocycles. The second-order valence-electron chi connectivity index (χ2n) is 3.99. The number of nitrogens with zero attached hydrogens (tertiary/aromatic N) is 3. The van der Waals surface area contributed by atoms with Crippen molar-refractivity contribution in [2.45, 2.75) is 32.6 Å². The zero-order valence-electron chi connectivity index (χ0n) is 9.49. The summed E-state index contributed by atoms with van der Waals surface area (Å²) in [5.74, 6) is 0.921. The molecule has 2 heterocycles. The van der Waals surface area contributed by atoms with E-state index in [1.807, 2.05) is 0 Å². The molecule has 0 amide bonds. The summed E-state index contributed by atoms with van der Waals surface area (Å²) in [6.07, 6.45) is 2.18. The molecule has 0 spiro atoms. The van der Waals surface area contributed by atoms with E-state index in [9.17, 15) is 0 Å². The highest BCUT2D eigenvalue weighted by atomic mass is 15.2. The van der Waals surface area contributed by atoms with Crippen molar-refractivity contribution in [3.63, 3.8) is 0 Å². The van der Waals surface area contributed by atoms with Gasteiger partial charge < -0.3 is 11.5 Å². The Balaban J connectivity index is 2.55. The molecular formula is C10H16N6. The summed E-state index contributed by atoms with van der Waals surface area (Å²) in [4.78, 5) is 8.01. The molecule has 0 aliphatic carbocycles. The fourth-order valence-corrected chi connectivity index (χ4v) is 1.93. The van der Waals surface area contributed by atoms with Gasteiger partial charge in [0.05, 0.1) is 11.1 Å². The van der Waals surface area contributed by atoms with Gasteiger partial charge in [-0.25, -0.2) is 0 Å². The first-order chi connectivity index (χ1) is 7.63. The van der Waals surface area contributed by atoms with Crippen LogP contribution in [0, 0.1) is 0 Å². The lowest BCUT2D eigenvalue weighted by Gasteiger charge is -2.08. The molecule has 0 bridgehead atoms. The second kappa shape index (κ2) is 3.96. The molecular weight excluding hydrogens is 204 g/mol. The fraction of sp³-hybridized carbons (Fsp3) is 0.500. The molecule has 0 aliphatic heterocycles. The fourth-order valence-electron chi connectivity index (χ4n) is 1.93. The van der Waals surface area contributed by atoms with Gasteiger partial charge in [0.25, 0.3) is 0 Å². The van der Waals surface area contributed by atoms with Crippen LogP contribution >= 0.6 is 0 Å². The molecule has 5 N–H and O–H groups in total. The maximum Gasteiger partial charge on any atom is 0.224 e. The number of aromatic nitrogens is 4. The van der Waals surface area contributed by atoms with Gasteiger partial charge in [0.2, 0.25) is 5.95 Å². The Hall–Kier alpha value is -1.85. The summed E-state index contributed by atoms with van der Waals surface area (Å²) in [7, 11) is 0. The van der Waals surface area contributed by atoms with Gasteiger partial charge in [0.15, 0.2) is 5.65 Å². The highest BCUT2D eigenvalue weighted by Gasteiger charge is 2.16. The van der Waals surface area contributed by atoms with Crippen LogP contribution in [0.15, 0.2) is 0 Å². The third-order valence-corrected chi connectivity index (χ3v) is 2.70. The number of anilines is 2. The number of nitrogens with one attached hydrogen (secondary N) is 1. The van der Waals surface area contributed by atoms with E-state index >= 15 is 0 Å². The lowest BCUT2D eigenvalue weighted by Crippen LogP contribution is -2.01. The minimum atomic E-state index is 0.159. The number of fused-ring (bicyclic) bond motifs is 1. The van der Waals surface area contributed by atoms with E-state index < -0.39 is 0 Å². The average molecular weight is 220 g/mol. The van der Waals surface area contributed by atoms with E-state index in [2.05, 4.69) is 34.0 Å². The standard InChI is InChI=1S/C10H16N6/c1-3-4-5(2)7-6-8(11)13-10(12)14-9(6)16-15-7/h5H,3-4H2,1-2H3,(H5,11,12,13,14,15,16). The summed E-state index contributed by atoms with van der Waals surface area (Å²) in [5.41, 5.74) is 12.9. The first-order valence-corrected chi connectivity index (χ1v) is 5.40. The van der Waals surface area contributed by atoms with E-state index in [-0.39, 0.29) is 5.95 Å². The summed E-state index contributed by atoms with van der Waals surface area (Å²) >= 11 is 0. The predicted octanol–water partition coefficient (Wildman–Crippen LogP) is 1.42. The maximum atomic E-state index is 5.85. The first-order valence-electron chi connectivity index (χ1n) is 5.40. The molecule has 0 saturated heterocycles. The van der Waals surface area contributed by atoms with Gasteiger partial charge in [-0.1, -0.05) is 20.3 Å². The Morgan fingerprint density at radius 1 is 1.31 bits per heavy atom. The SMILES string of the molecule is CCCC(C)c1[nH]nc2nc(N)nc(N)c12. The molecule has 1 atom stereocenters. The molecule has 2 rings (SSSR count). The molecule has 0 aromatic carbocycles. The Kier molecular flexibility index (Phi) is 2.64. The third-order valence-electron chi connectivity index (χ3n) is 2.70. The van der Waals surface area contributed by atoms with Crippen molar-refractivity contribution in [1.82, 2.24) is 20.2 Å². The summed E-state index contributed by atoms with van der Waals surface area (Å²) in [5, 5.41) is 7.89.